The van der Waals surface area contributed by atoms with Crippen molar-refractivity contribution in [3.05, 3.63) is 47.5 Å². The smallest absolute Gasteiger partial charge is 0.0306 e. The van der Waals surface area contributed by atoms with E-state index in [0.29, 0.717) is 11.3 Å². The Morgan fingerprint density at radius 2 is 1.71 bits per heavy atom. The van der Waals surface area contributed by atoms with Gasteiger partial charge in [-0.15, -0.1) is 0 Å². The van der Waals surface area contributed by atoms with E-state index in [0.717, 1.165) is 6.42 Å². The molecule has 0 heterocycles. The lowest BCUT2D eigenvalue weighted by atomic mass is 9.81. The van der Waals surface area contributed by atoms with E-state index in [9.17, 15) is 0 Å². The van der Waals surface area contributed by atoms with E-state index in [1.54, 1.807) is 0 Å². The van der Waals surface area contributed by atoms with Crippen molar-refractivity contribution in [2.24, 2.45) is 17.1 Å². The third kappa shape index (κ3) is 4.07. The van der Waals surface area contributed by atoms with E-state index in [1.807, 2.05) is 0 Å². The maximum atomic E-state index is 6.58. The molecule has 2 aromatic carbocycles. The van der Waals surface area contributed by atoms with Gasteiger partial charge in [0.1, 0.15) is 0 Å². The van der Waals surface area contributed by atoms with Crippen LogP contribution in [0.2, 0.25) is 0 Å². The summed E-state index contributed by atoms with van der Waals surface area (Å²) < 4.78 is 0. The first-order chi connectivity index (χ1) is 9.78. The lowest BCUT2D eigenvalue weighted by molar-refractivity contribution is 0.286. The van der Waals surface area contributed by atoms with Crippen LogP contribution in [-0.2, 0) is 0 Å². The van der Waals surface area contributed by atoms with E-state index >= 15 is 0 Å². The molecule has 0 aliphatic heterocycles. The molecule has 0 bridgehead atoms. The number of nitrogens with two attached hydrogens (primary N) is 1. The Labute approximate surface area is 129 Å². The maximum absolute atomic E-state index is 6.58. The fraction of sp³-hybridized carbons (Fsp3) is 0.500. The number of rotatable bonds is 4. The molecule has 2 atom stereocenters. The first-order valence-electron chi connectivity index (χ1n) is 8.02. The molecular formula is C20H29N. The SMILES string of the molecule is Cc1ccc2ccccc2c1C(N)CC(C)CC(C)(C)C. The number of aryl methyl sites for hydroxylation is 1. The fourth-order valence-corrected chi connectivity index (χ4v) is 3.58. The van der Waals surface area contributed by atoms with Gasteiger partial charge in [0.2, 0.25) is 0 Å². The van der Waals surface area contributed by atoms with Crippen molar-refractivity contribution in [3.63, 3.8) is 0 Å². The predicted octanol–water partition coefficient (Wildman–Crippen LogP) is 5.61. The lowest BCUT2D eigenvalue weighted by Gasteiger charge is -2.26. The van der Waals surface area contributed by atoms with Gasteiger partial charge in [-0.25, -0.2) is 0 Å². The quantitative estimate of drug-likeness (QED) is 0.775. The highest BCUT2D eigenvalue weighted by molar-refractivity contribution is 5.87. The van der Waals surface area contributed by atoms with E-state index in [4.69, 9.17) is 5.73 Å². The van der Waals surface area contributed by atoms with Gasteiger partial charge < -0.3 is 5.73 Å². The zero-order valence-electron chi connectivity index (χ0n) is 14.1. The molecule has 0 spiro atoms. The standard InChI is InChI=1S/C20H29N/c1-14(13-20(3,4)5)12-18(21)19-15(2)10-11-16-8-6-7-9-17(16)19/h6-11,14,18H,12-13,21H2,1-5H3. The molecule has 0 aliphatic rings. The summed E-state index contributed by atoms with van der Waals surface area (Å²) in [5, 5.41) is 2.60. The average molecular weight is 283 g/mol. The summed E-state index contributed by atoms with van der Waals surface area (Å²) in [4.78, 5) is 0. The first-order valence-corrected chi connectivity index (χ1v) is 8.02. The van der Waals surface area contributed by atoms with Gasteiger partial charge in [-0.05, 0) is 53.0 Å². The highest BCUT2D eigenvalue weighted by Gasteiger charge is 2.20. The minimum atomic E-state index is 0.119. The van der Waals surface area contributed by atoms with Gasteiger partial charge in [0.05, 0.1) is 0 Å². The molecule has 0 saturated carbocycles. The normalized spacial score (nSPS) is 15.1. The van der Waals surface area contributed by atoms with E-state index in [2.05, 4.69) is 71.0 Å². The number of fused-ring (bicyclic) bond motifs is 1. The van der Waals surface area contributed by atoms with Crippen LogP contribution in [0.1, 0.15) is 57.7 Å². The van der Waals surface area contributed by atoms with Crippen LogP contribution in [0.15, 0.2) is 36.4 Å². The van der Waals surface area contributed by atoms with Crippen molar-refractivity contribution in [2.75, 3.05) is 0 Å². The van der Waals surface area contributed by atoms with Crippen molar-refractivity contribution < 1.29 is 0 Å². The Hall–Kier alpha value is -1.34. The van der Waals surface area contributed by atoms with E-state index in [1.165, 1.54) is 28.3 Å². The van der Waals surface area contributed by atoms with Crippen molar-refractivity contribution in [3.8, 4) is 0 Å². The molecule has 0 saturated heterocycles. The molecule has 2 rings (SSSR count). The second-order valence-electron chi connectivity index (χ2n) is 7.73. The molecule has 1 nitrogen and oxygen atoms in total. The molecule has 0 radical (unpaired) electrons. The van der Waals surface area contributed by atoms with Crippen LogP contribution in [0, 0.1) is 18.3 Å². The Balaban J connectivity index is 2.27. The molecule has 2 unspecified atom stereocenters. The minimum Gasteiger partial charge on any atom is -0.324 e. The molecule has 2 N–H and O–H groups in total. The van der Waals surface area contributed by atoms with Crippen LogP contribution in [-0.4, -0.2) is 0 Å². The number of hydrogen-bond acceptors (Lipinski definition) is 1. The van der Waals surface area contributed by atoms with Gasteiger partial charge in [0.25, 0.3) is 0 Å². The zero-order valence-corrected chi connectivity index (χ0v) is 14.1. The molecule has 0 aliphatic carbocycles. The summed E-state index contributed by atoms with van der Waals surface area (Å²) in [6, 6.07) is 13.1. The van der Waals surface area contributed by atoms with E-state index in [-0.39, 0.29) is 6.04 Å². The van der Waals surface area contributed by atoms with Gasteiger partial charge in [-0.1, -0.05) is 64.1 Å². The minimum absolute atomic E-state index is 0.119. The molecule has 0 aromatic heterocycles. The summed E-state index contributed by atoms with van der Waals surface area (Å²) in [6.07, 6.45) is 2.26. The van der Waals surface area contributed by atoms with Crippen LogP contribution >= 0.6 is 0 Å². The molecule has 21 heavy (non-hydrogen) atoms. The van der Waals surface area contributed by atoms with Gasteiger partial charge in [-0.2, -0.15) is 0 Å². The van der Waals surface area contributed by atoms with E-state index < -0.39 is 0 Å². The molecule has 2 aromatic rings. The summed E-state index contributed by atoms with van der Waals surface area (Å²) in [6.45, 7) is 11.4. The third-order valence-corrected chi connectivity index (χ3v) is 4.18. The van der Waals surface area contributed by atoms with Crippen molar-refractivity contribution in [1.82, 2.24) is 0 Å². The van der Waals surface area contributed by atoms with Crippen LogP contribution in [0.25, 0.3) is 10.8 Å². The van der Waals surface area contributed by atoms with Crippen molar-refractivity contribution >= 4 is 10.8 Å². The number of hydrogen-bond donors (Lipinski definition) is 1. The summed E-state index contributed by atoms with van der Waals surface area (Å²) in [7, 11) is 0. The summed E-state index contributed by atoms with van der Waals surface area (Å²) in [5.74, 6) is 0.637. The highest BCUT2D eigenvalue weighted by atomic mass is 14.6. The Morgan fingerprint density at radius 1 is 1.05 bits per heavy atom. The van der Waals surface area contributed by atoms with Crippen LogP contribution in [0.3, 0.4) is 0 Å². The molecule has 114 valence electrons. The highest BCUT2D eigenvalue weighted by Crippen LogP contribution is 2.33. The maximum Gasteiger partial charge on any atom is 0.0306 e. The summed E-state index contributed by atoms with van der Waals surface area (Å²) >= 11 is 0. The molecule has 0 amide bonds. The Bertz CT molecular complexity index is 607. The van der Waals surface area contributed by atoms with Gasteiger partial charge in [-0.3, -0.25) is 0 Å². The lowest BCUT2D eigenvalue weighted by Crippen LogP contribution is -2.19. The summed E-state index contributed by atoms with van der Waals surface area (Å²) in [5.41, 5.74) is 9.59. The first kappa shape index (κ1) is 16.0. The number of benzene rings is 2. The predicted molar refractivity (Wildman–Crippen MR) is 93.5 cm³/mol. The Kier molecular flexibility index (Phi) is 4.73. The third-order valence-electron chi connectivity index (χ3n) is 4.18. The average Bonchev–Trinajstić information content (AvgIpc) is 2.35. The van der Waals surface area contributed by atoms with Gasteiger partial charge >= 0.3 is 0 Å². The topological polar surface area (TPSA) is 26.0 Å². The zero-order chi connectivity index (χ0) is 15.6. The van der Waals surface area contributed by atoms with Crippen molar-refractivity contribution in [1.29, 1.82) is 0 Å². The molecule has 1 heteroatoms. The van der Waals surface area contributed by atoms with Gasteiger partial charge in [0.15, 0.2) is 0 Å². The fourth-order valence-electron chi connectivity index (χ4n) is 3.58. The van der Waals surface area contributed by atoms with Crippen LogP contribution in [0.5, 0.6) is 0 Å². The van der Waals surface area contributed by atoms with Gasteiger partial charge in [0, 0.05) is 6.04 Å². The second-order valence-corrected chi connectivity index (χ2v) is 7.73. The molecule has 0 fully saturated rings. The molecular weight excluding hydrogens is 254 g/mol. The monoisotopic (exact) mass is 283 g/mol. The van der Waals surface area contributed by atoms with Crippen molar-refractivity contribution in [2.45, 2.75) is 53.5 Å². The van der Waals surface area contributed by atoms with Crippen LogP contribution in [0.4, 0.5) is 0 Å². The second kappa shape index (κ2) is 6.19. The Morgan fingerprint density at radius 3 is 2.38 bits per heavy atom. The van der Waals surface area contributed by atoms with Crippen LogP contribution < -0.4 is 5.73 Å². The largest absolute Gasteiger partial charge is 0.324 e.